The first-order chi connectivity index (χ1) is 13.2. The van der Waals surface area contributed by atoms with Crippen molar-refractivity contribution in [1.29, 1.82) is 0 Å². The Bertz CT molecular complexity index is 1020. The number of carbonyl (C=O) groups is 1. The Morgan fingerprint density at radius 2 is 1.71 bits per heavy atom. The molecular weight excluding hydrogens is 380 g/mol. The molecule has 2 amide bonds. The summed E-state index contributed by atoms with van der Waals surface area (Å²) in [5, 5.41) is 2.76. The molecule has 0 atom stereocenters. The Hall–Kier alpha value is -2.74. The lowest BCUT2D eigenvalue weighted by atomic mass is 9.99. The highest BCUT2D eigenvalue weighted by Crippen LogP contribution is 2.33. The molecular formula is C20H24N2O5S. The normalized spacial score (nSPS) is 13.6. The zero-order valence-corrected chi connectivity index (χ0v) is 17.2. The van der Waals surface area contributed by atoms with E-state index in [1.54, 1.807) is 31.3 Å². The van der Waals surface area contributed by atoms with Crippen molar-refractivity contribution >= 4 is 21.6 Å². The number of urea groups is 1. The average Bonchev–Trinajstić information content (AvgIpc) is 2.65. The molecule has 0 unspecified atom stereocenters. The molecule has 0 saturated carbocycles. The van der Waals surface area contributed by atoms with Gasteiger partial charge in [0.05, 0.1) is 24.8 Å². The zero-order valence-electron chi connectivity index (χ0n) is 16.4. The summed E-state index contributed by atoms with van der Waals surface area (Å²) in [5.74, 6) is 1.28. The monoisotopic (exact) mass is 404 g/mol. The second kappa shape index (κ2) is 7.71. The van der Waals surface area contributed by atoms with E-state index in [4.69, 9.17) is 9.47 Å². The van der Waals surface area contributed by atoms with Crippen molar-refractivity contribution in [2.75, 3.05) is 32.3 Å². The van der Waals surface area contributed by atoms with Gasteiger partial charge < -0.3 is 19.7 Å². The predicted molar refractivity (Wildman–Crippen MR) is 107 cm³/mol. The smallest absolute Gasteiger partial charge is 0.322 e. The molecule has 0 aromatic heterocycles. The van der Waals surface area contributed by atoms with Gasteiger partial charge in [0, 0.05) is 19.3 Å². The second-order valence-electron chi connectivity index (χ2n) is 6.85. The summed E-state index contributed by atoms with van der Waals surface area (Å²) in [4.78, 5) is 14.6. The van der Waals surface area contributed by atoms with Gasteiger partial charge in [0.15, 0.2) is 21.3 Å². The summed E-state index contributed by atoms with van der Waals surface area (Å²) in [6, 6.07) is 8.37. The van der Waals surface area contributed by atoms with E-state index in [1.165, 1.54) is 6.07 Å². The van der Waals surface area contributed by atoms with Crippen LogP contribution in [0, 0.1) is 6.92 Å². The van der Waals surface area contributed by atoms with Crippen molar-refractivity contribution < 1.29 is 22.7 Å². The molecule has 3 rings (SSSR count). The summed E-state index contributed by atoms with van der Waals surface area (Å²) in [5.41, 5.74) is 3.25. The maximum atomic E-state index is 12.8. The van der Waals surface area contributed by atoms with Gasteiger partial charge in [-0.3, -0.25) is 0 Å². The highest BCUT2D eigenvalue weighted by Gasteiger charge is 2.24. The Morgan fingerprint density at radius 1 is 1.07 bits per heavy atom. The van der Waals surface area contributed by atoms with Crippen LogP contribution in [0.1, 0.15) is 16.7 Å². The first kappa shape index (κ1) is 20.0. The molecule has 1 N–H and O–H groups in total. The van der Waals surface area contributed by atoms with E-state index < -0.39 is 9.84 Å². The van der Waals surface area contributed by atoms with Gasteiger partial charge in [-0.1, -0.05) is 6.07 Å². The van der Waals surface area contributed by atoms with Crippen molar-refractivity contribution in [2.45, 2.75) is 24.8 Å². The average molecular weight is 404 g/mol. The summed E-state index contributed by atoms with van der Waals surface area (Å²) in [6.07, 6.45) is 1.81. The molecule has 8 heteroatoms. The van der Waals surface area contributed by atoms with Crippen LogP contribution < -0.4 is 14.8 Å². The van der Waals surface area contributed by atoms with E-state index in [-0.39, 0.29) is 10.9 Å². The van der Waals surface area contributed by atoms with E-state index in [2.05, 4.69) is 5.32 Å². The Balaban J connectivity index is 1.84. The van der Waals surface area contributed by atoms with E-state index >= 15 is 0 Å². The lowest BCUT2D eigenvalue weighted by Crippen LogP contribution is -2.39. The maximum Gasteiger partial charge on any atom is 0.322 e. The van der Waals surface area contributed by atoms with Crippen LogP contribution >= 0.6 is 0 Å². The fourth-order valence-electron chi connectivity index (χ4n) is 3.32. The minimum absolute atomic E-state index is 0.107. The molecule has 28 heavy (non-hydrogen) atoms. The van der Waals surface area contributed by atoms with Crippen molar-refractivity contribution in [2.24, 2.45) is 0 Å². The molecule has 0 bridgehead atoms. The van der Waals surface area contributed by atoms with Gasteiger partial charge in [-0.2, -0.15) is 0 Å². The third-order valence-electron chi connectivity index (χ3n) is 4.78. The third kappa shape index (κ3) is 4.06. The number of amides is 2. The molecule has 0 aliphatic carbocycles. The first-order valence-corrected chi connectivity index (χ1v) is 10.7. The fourth-order valence-corrected chi connectivity index (χ4v) is 4.14. The van der Waals surface area contributed by atoms with Crippen LogP contribution in [0.4, 0.5) is 10.5 Å². The highest BCUT2D eigenvalue weighted by atomic mass is 32.2. The van der Waals surface area contributed by atoms with Crippen molar-refractivity contribution in [3.63, 3.8) is 0 Å². The third-order valence-corrected chi connectivity index (χ3v) is 5.94. The van der Waals surface area contributed by atoms with E-state index in [0.29, 0.717) is 36.7 Å². The van der Waals surface area contributed by atoms with E-state index in [0.717, 1.165) is 22.9 Å². The molecule has 0 fully saturated rings. The number of sulfone groups is 1. The summed E-state index contributed by atoms with van der Waals surface area (Å²) in [6.45, 7) is 2.77. The van der Waals surface area contributed by atoms with Crippen molar-refractivity contribution in [1.82, 2.24) is 4.90 Å². The molecule has 1 aliphatic rings. The molecule has 150 valence electrons. The number of nitrogens with one attached hydrogen (secondary N) is 1. The lowest BCUT2D eigenvalue weighted by Gasteiger charge is -2.30. The van der Waals surface area contributed by atoms with Crippen LogP contribution in [0.2, 0.25) is 0 Å². The summed E-state index contributed by atoms with van der Waals surface area (Å²) < 4.78 is 34.7. The number of fused-ring (bicyclic) bond motifs is 1. The molecule has 7 nitrogen and oxygen atoms in total. The van der Waals surface area contributed by atoms with E-state index in [9.17, 15) is 13.2 Å². The quantitative estimate of drug-likeness (QED) is 0.847. The standard InChI is InChI=1S/C20H24N2O5S/c1-13-5-6-19(28(4,24)25)16(9-13)21-20(23)22-8-7-14-10-17(26-2)18(27-3)11-15(14)12-22/h5-6,9-11H,7-8,12H2,1-4H3,(H,21,23). The van der Waals surface area contributed by atoms with Crippen LogP contribution in [0.5, 0.6) is 11.5 Å². The van der Waals surface area contributed by atoms with Gasteiger partial charge >= 0.3 is 6.03 Å². The number of hydrogen-bond acceptors (Lipinski definition) is 5. The number of rotatable bonds is 4. The van der Waals surface area contributed by atoms with Crippen molar-refractivity contribution in [3.05, 3.63) is 47.0 Å². The van der Waals surface area contributed by atoms with Gasteiger partial charge in [-0.15, -0.1) is 0 Å². The van der Waals surface area contributed by atoms with Crippen LogP contribution in [-0.4, -0.2) is 46.4 Å². The van der Waals surface area contributed by atoms with Crippen LogP contribution in [-0.2, 0) is 22.8 Å². The molecule has 2 aromatic rings. The fraction of sp³-hybridized carbons (Fsp3) is 0.350. The number of hydrogen-bond donors (Lipinski definition) is 1. The van der Waals surface area contributed by atoms with Crippen LogP contribution in [0.15, 0.2) is 35.2 Å². The number of methoxy groups -OCH3 is 2. The van der Waals surface area contributed by atoms with Gasteiger partial charge in [-0.05, 0) is 54.3 Å². The van der Waals surface area contributed by atoms with Crippen molar-refractivity contribution in [3.8, 4) is 11.5 Å². The Kier molecular flexibility index (Phi) is 5.51. The molecule has 1 aliphatic heterocycles. The minimum Gasteiger partial charge on any atom is -0.493 e. The number of aryl methyl sites for hydroxylation is 1. The lowest BCUT2D eigenvalue weighted by molar-refractivity contribution is 0.206. The second-order valence-corrected chi connectivity index (χ2v) is 8.83. The number of carbonyl (C=O) groups excluding carboxylic acids is 1. The summed E-state index contributed by atoms with van der Waals surface area (Å²) in [7, 11) is -0.293. The first-order valence-electron chi connectivity index (χ1n) is 8.83. The maximum absolute atomic E-state index is 12.8. The number of nitrogens with zero attached hydrogens (tertiary/aromatic N) is 1. The molecule has 1 heterocycles. The Morgan fingerprint density at radius 3 is 2.32 bits per heavy atom. The Labute approximate surface area is 165 Å². The minimum atomic E-state index is -3.46. The van der Waals surface area contributed by atoms with Gasteiger partial charge in [-0.25, -0.2) is 13.2 Å². The summed E-state index contributed by atoms with van der Waals surface area (Å²) >= 11 is 0. The molecule has 0 radical (unpaired) electrons. The van der Waals surface area contributed by atoms with Gasteiger partial charge in [0.1, 0.15) is 0 Å². The molecule has 0 spiro atoms. The molecule has 0 saturated heterocycles. The number of anilines is 1. The largest absolute Gasteiger partial charge is 0.493 e. The van der Waals surface area contributed by atoms with Crippen LogP contribution in [0.25, 0.3) is 0 Å². The predicted octanol–water partition coefficient (Wildman–Crippen LogP) is 3.01. The molecule has 2 aromatic carbocycles. The van der Waals surface area contributed by atoms with Crippen LogP contribution in [0.3, 0.4) is 0 Å². The van der Waals surface area contributed by atoms with Gasteiger partial charge in [0.2, 0.25) is 0 Å². The SMILES string of the molecule is COc1cc2c(cc1OC)CN(C(=O)Nc1cc(C)ccc1S(C)(=O)=O)CC2. The number of benzene rings is 2. The highest BCUT2D eigenvalue weighted by molar-refractivity contribution is 7.90. The number of ether oxygens (including phenoxy) is 2. The van der Waals surface area contributed by atoms with Gasteiger partial charge in [0.25, 0.3) is 0 Å². The zero-order chi connectivity index (χ0) is 20.5. The van der Waals surface area contributed by atoms with E-state index in [1.807, 2.05) is 19.1 Å². The topological polar surface area (TPSA) is 84.9 Å².